The van der Waals surface area contributed by atoms with Crippen LogP contribution >= 0.6 is 24.0 Å². The second-order valence-corrected chi connectivity index (χ2v) is 5.17. The standard InChI is InChI=1S/C15H25N3O.HI/c1-12-7-9-14(10-8-12)19-13(2)11-16-15(17(3)4)18(5)6;/h7-10,13H,11H2,1-6H3;1H. The first-order chi connectivity index (χ1) is 8.90. The Kier molecular flexibility index (Phi) is 8.60. The summed E-state index contributed by atoms with van der Waals surface area (Å²) in [4.78, 5) is 8.58. The quantitative estimate of drug-likeness (QED) is 0.449. The molecular weight excluding hydrogens is 365 g/mol. The molecule has 1 rings (SSSR count). The van der Waals surface area contributed by atoms with Crippen LogP contribution in [0.25, 0.3) is 0 Å². The smallest absolute Gasteiger partial charge is 0.195 e. The molecule has 0 saturated carbocycles. The van der Waals surface area contributed by atoms with Crippen molar-refractivity contribution in [1.82, 2.24) is 9.80 Å². The lowest BCUT2D eigenvalue weighted by Gasteiger charge is -2.23. The first-order valence-corrected chi connectivity index (χ1v) is 6.52. The number of nitrogens with zero attached hydrogens (tertiary/aromatic N) is 3. The highest BCUT2D eigenvalue weighted by Gasteiger charge is 2.07. The monoisotopic (exact) mass is 391 g/mol. The van der Waals surface area contributed by atoms with E-state index in [4.69, 9.17) is 4.74 Å². The summed E-state index contributed by atoms with van der Waals surface area (Å²) in [5.74, 6) is 1.84. The van der Waals surface area contributed by atoms with Gasteiger partial charge in [0.25, 0.3) is 0 Å². The molecule has 5 heteroatoms. The molecule has 1 aromatic rings. The lowest BCUT2D eigenvalue weighted by molar-refractivity contribution is 0.229. The number of aliphatic imine (C=N–C) groups is 1. The van der Waals surface area contributed by atoms with Gasteiger partial charge in [-0.25, -0.2) is 4.99 Å². The predicted molar refractivity (Wildman–Crippen MR) is 96.4 cm³/mol. The van der Waals surface area contributed by atoms with Gasteiger partial charge in [0.2, 0.25) is 0 Å². The summed E-state index contributed by atoms with van der Waals surface area (Å²) in [6.45, 7) is 4.74. The molecule has 0 heterocycles. The minimum absolute atomic E-state index is 0. The highest BCUT2D eigenvalue weighted by Crippen LogP contribution is 2.13. The number of guanidine groups is 1. The van der Waals surface area contributed by atoms with E-state index in [9.17, 15) is 0 Å². The average Bonchev–Trinajstić information content (AvgIpc) is 2.31. The van der Waals surface area contributed by atoms with Crippen molar-refractivity contribution in [2.45, 2.75) is 20.0 Å². The summed E-state index contributed by atoms with van der Waals surface area (Å²) in [6, 6.07) is 8.09. The normalized spacial score (nSPS) is 11.1. The van der Waals surface area contributed by atoms with Gasteiger partial charge in [-0.2, -0.15) is 0 Å². The number of benzene rings is 1. The van der Waals surface area contributed by atoms with Crippen LogP contribution in [0.4, 0.5) is 0 Å². The lowest BCUT2D eigenvalue weighted by atomic mass is 10.2. The third-order valence-electron chi connectivity index (χ3n) is 2.65. The molecule has 0 N–H and O–H groups in total. The fourth-order valence-electron chi connectivity index (χ4n) is 1.78. The molecule has 0 saturated heterocycles. The van der Waals surface area contributed by atoms with Gasteiger partial charge in [0.15, 0.2) is 5.96 Å². The van der Waals surface area contributed by atoms with E-state index in [1.807, 2.05) is 57.0 Å². The van der Waals surface area contributed by atoms with Crippen LogP contribution in [0.5, 0.6) is 5.75 Å². The van der Waals surface area contributed by atoms with Crippen molar-refractivity contribution in [1.29, 1.82) is 0 Å². The first kappa shape index (κ1) is 19.0. The fraction of sp³-hybridized carbons (Fsp3) is 0.533. The van der Waals surface area contributed by atoms with Gasteiger partial charge in [-0.15, -0.1) is 24.0 Å². The summed E-state index contributed by atoms with van der Waals surface area (Å²) in [7, 11) is 7.96. The number of ether oxygens (including phenoxy) is 1. The van der Waals surface area contributed by atoms with Crippen LogP contribution < -0.4 is 4.74 Å². The Balaban J connectivity index is 0.00000361. The zero-order valence-electron chi connectivity index (χ0n) is 13.3. The summed E-state index contributed by atoms with van der Waals surface area (Å²) in [6.07, 6.45) is 0.0533. The molecule has 114 valence electrons. The summed E-state index contributed by atoms with van der Waals surface area (Å²) >= 11 is 0. The molecule has 0 aliphatic rings. The minimum Gasteiger partial charge on any atom is -0.489 e. The molecule has 1 atom stereocenters. The molecule has 0 radical (unpaired) electrons. The highest BCUT2D eigenvalue weighted by atomic mass is 127. The van der Waals surface area contributed by atoms with Crippen LogP contribution in [0.1, 0.15) is 12.5 Å². The van der Waals surface area contributed by atoms with Crippen LogP contribution in [0.2, 0.25) is 0 Å². The molecule has 0 bridgehead atoms. The molecule has 0 spiro atoms. The van der Waals surface area contributed by atoms with E-state index in [0.29, 0.717) is 6.54 Å². The Morgan fingerprint density at radius 2 is 1.60 bits per heavy atom. The van der Waals surface area contributed by atoms with Gasteiger partial charge in [0, 0.05) is 28.2 Å². The molecular formula is C15H26IN3O. The van der Waals surface area contributed by atoms with Crippen molar-refractivity contribution < 1.29 is 4.74 Å². The predicted octanol–water partition coefficient (Wildman–Crippen LogP) is 2.86. The van der Waals surface area contributed by atoms with E-state index >= 15 is 0 Å². The van der Waals surface area contributed by atoms with E-state index in [1.54, 1.807) is 0 Å². The van der Waals surface area contributed by atoms with Crippen molar-refractivity contribution in [2.24, 2.45) is 4.99 Å². The molecule has 0 amide bonds. The third-order valence-corrected chi connectivity index (χ3v) is 2.65. The van der Waals surface area contributed by atoms with E-state index in [2.05, 4.69) is 24.0 Å². The molecule has 0 aromatic heterocycles. The van der Waals surface area contributed by atoms with Gasteiger partial charge in [0.05, 0.1) is 6.54 Å². The van der Waals surface area contributed by atoms with Crippen LogP contribution in [-0.2, 0) is 0 Å². The SMILES string of the molecule is Cc1ccc(OC(C)CN=C(N(C)C)N(C)C)cc1.I. The molecule has 0 aliphatic heterocycles. The van der Waals surface area contributed by atoms with Crippen molar-refractivity contribution in [3.63, 3.8) is 0 Å². The largest absolute Gasteiger partial charge is 0.489 e. The maximum absolute atomic E-state index is 5.84. The molecule has 1 unspecified atom stereocenters. The minimum atomic E-state index is 0. The van der Waals surface area contributed by atoms with Crippen molar-refractivity contribution in [2.75, 3.05) is 34.7 Å². The first-order valence-electron chi connectivity index (χ1n) is 6.52. The maximum Gasteiger partial charge on any atom is 0.195 e. The van der Waals surface area contributed by atoms with Crippen molar-refractivity contribution >= 4 is 29.9 Å². The van der Waals surface area contributed by atoms with Gasteiger partial charge in [-0.05, 0) is 26.0 Å². The molecule has 4 nitrogen and oxygen atoms in total. The highest BCUT2D eigenvalue weighted by molar-refractivity contribution is 14.0. The lowest BCUT2D eigenvalue weighted by Crippen LogP contribution is -2.36. The summed E-state index contributed by atoms with van der Waals surface area (Å²) < 4.78 is 5.84. The topological polar surface area (TPSA) is 28.1 Å². The van der Waals surface area contributed by atoms with Crippen LogP contribution in [0, 0.1) is 6.92 Å². The zero-order chi connectivity index (χ0) is 14.4. The van der Waals surface area contributed by atoms with Gasteiger partial charge >= 0.3 is 0 Å². The molecule has 20 heavy (non-hydrogen) atoms. The van der Waals surface area contributed by atoms with Crippen LogP contribution in [-0.4, -0.2) is 56.6 Å². The van der Waals surface area contributed by atoms with E-state index in [0.717, 1.165) is 11.7 Å². The van der Waals surface area contributed by atoms with Crippen LogP contribution in [0.15, 0.2) is 29.3 Å². The Morgan fingerprint density at radius 3 is 2.05 bits per heavy atom. The molecule has 1 aromatic carbocycles. The maximum atomic E-state index is 5.84. The van der Waals surface area contributed by atoms with Crippen molar-refractivity contribution in [3.8, 4) is 5.75 Å². The third kappa shape index (κ3) is 6.45. The van der Waals surface area contributed by atoms with Crippen molar-refractivity contribution in [3.05, 3.63) is 29.8 Å². The van der Waals surface area contributed by atoms with E-state index in [-0.39, 0.29) is 30.1 Å². The number of hydrogen-bond donors (Lipinski definition) is 0. The second kappa shape index (κ2) is 9.05. The summed E-state index contributed by atoms with van der Waals surface area (Å²) in [5, 5.41) is 0. The fourth-order valence-corrected chi connectivity index (χ4v) is 1.78. The van der Waals surface area contributed by atoms with Crippen LogP contribution in [0.3, 0.4) is 0 Å². The number of rotatable bonds is 4. The number of hydrogen-bond acceptors (Lipinski definition) is 2. The Labute approximate surface area is 139 Å². The van der Waals surface area contributed by atoms with E-state index in [1.165, 1.54) is 5.56 Å². The number of aryl methyl sites for hydroxylation is 1. The Bertz CT molecular complexity index is 406. The molecule has 0 fully saturated rings. The number of halogens is 1. The Morgan fingerprint density at radius 1 is 1.10 bits per heavy atom. The van der Waals surface area contributed by atoms with Gasteiger partial charge in [-0.3, -0.25) is 0 Å². The Hall–Kier alpha value is -0.980. The van der Waals surface area contributed by atoms with E-state index < -0.39 is 0 Å². The zero-order valence-corrected chi connectivity index (χ0v) is 15.6. The van der Waals surface area contributed by atoms with Gasteiger partial charge in [0.1, 0.15) is 11.9 Å². The van der Waals surface area contributed by atoms with Gasteiger partial charge < -0.3 is 14.5 Å². The molecule has 0 aliphatic carbocycles. The second-order valence-electron chi connectivity index (χ2n) is 5.17. The van der Waals surface area contributed by atoms with Gasteiger partial charge in [-0.1, -0.05) is 17.7 Å². The summed E-state index contributed by atoms with van der Waals surface area (Å²) in [5.41, 5.74) is 1.24. The average molecular weight is 391 g/mol.